The molecule has 138 valence electrons. The van der Waals surface area contributed by atoms with Crippen LogP contribution < -0.4 is 20.3 Å². The molecule has 0 radical (unpaired) electrons. The lowest BCUT2D eigenvalue weighted by Gasteiger charge is -2.15. The molecule has 2 aromatic carbocycles. The third kappa shape index (κ3) is 5.40. The Kier molecular flexibility index (Phi) is 6.42. The van der Waals surface area contributed by atoms with Crippen molar-refractivity contribution in [3.05, 3.63) is 59.9 Å². The van der Waals surface area contributed by atoms with Crippen LogP contribution in [-0.4, -0.2) is 24.5 Å². The van der Waals surface area contributed by atoms with E-state index in [-0.39, 0.29) is 11.5 Å². The average molecular weight is 368 g/mol. The van der Waals surface area contributed by atoms with E-state index in [1.807, 2.05) is 5.43 Å². The standard InChI is InChI=1S/C17H15F3N2O4/c1-10(26-15-5-3-2-4-12(15)19)17(24)22-21-16(23)9-25-14-7-6-11(18)8-13(14)20/h2-8,10H,9H2,1H3,(H,21,23)(H,22,24). The van der Waals surface area contributed by atoms with Gasteiger partial charge < -0.3 is 9.47 Å². The summed E-state index contributed by atoms with van der Waals surface area (Å²) in [5, 5.41) is 0. The number of hydrogen-bond acceptors (Lipinski definition) is 4. The van der Waals surface area contributed by atoms with Crippen LogP contribution in [0, 0.1) is 17.5 Å². The Labute approximate surface area is 146 Å². The van der Waals surface area contributed by atoms with Crippen molar-refractivity contribution in [2.45, 2.75) is 13.0 Å². The molecule has 2 aromatic rings. The van der Waals surface area contributed by atoms with E-state index in [2.05, 4.69) is 5.43 Å². The SMILES string of the molecule is CC(Oc1ccccc1F)C(=O)NNC(=O)COc1ccc(F)cc1F. The maximum absolute atomic E-state index is 13.4. The molecule has 0 fully saturated rings. The first kappa shape index (κ1) is 19.1. The number of carbonyl (C=O) groups excluding carboxylic acids is 2. The molecule has 6 nitrogen and oxygen atoms in total. The van der Waals surface area contributed by atoms with Crippen LogP contribution in [0.2, 0.25) is 0 Å². The first-order valence-corrected chi connectivity index (χ1v) is 7.44. The second-order valence-electron chi connectivity index (χ2n) is 5.09. The minimum absolute atomic E-state index is 0.114. The molecule has 0 saturated carbocycles. The van der Waals surface area contributed by atoms with Crippen LogP contribution in [-0.2, 0) is 9.59 Å². The van der Waals surface area contributed by atoms with Crippen molar-refractivity contribution in [2.24, 2.45) is 0 Å². The average Bonchev–Trinajstić information content (AvgIpc) is 2.60. The monoisotopic (exact) mass is 368 g/mol. The normalized spacial score (nSPS) is 11.4. The number of benzene rings is 2. The quantitative estimate of drug-likeness (QED) is 0.766. The van der Waals surface area contributed by atoms with Crippen molar-refractivity contribution in [3.8, 4) is 11.5 Å². The third-order valence-corrected chi connectivity index (χ3v) is 3.09. The van der Waals surface area contributed by atoms with Crippen LogP contribution in [0.3, 0.4) is 0 Å². The minimum atomic E-state index is -1.09. The molecule has 0 spiro atoms. The number of amides is 2. The van der Waals surface area contributed by atoms with E-state index in [9.17, 15) is 22.8 Å². The van der Waals surface area contributed by atoms with E-state index in [4.69, 9.17) is 9.47 Å². The first-order chi connectivity index (χ1) is 12.4. The number of para-hydroxylation sites is 1. The van der Waals surface area contributed by atoms with Gasteiger partial charge in [-0.1, -0.05) is 12.1 Å². The highest BCUT2D eigenvalue weighted by Crippen LogP contribution is 2.18. The fraction of sp³-hybridized carbons (Fsp3) is 0.176. The molecule has 0 aromatic heterocycles. The van der Waals surface area contributed by atoms with Crippen molar-refractivity contribution >= 4 is 11.8 Å². The lowest BCUT2D eigenvalue weighted by Crippen LogP contribution is -2.48. The summed E-state index contributed by atoms with van der Waals surface area (Å²) in [5.74, 6) is -4.34. The summed E-state index contributed by atoms with van der Waals surface area (Å²) in [6.45, 7) is 0.740. The van der Waals surface area contributed by atoms with Gasteiger partial charge in [-0.2, -0.15) is 0 Å². The summed E-state index contributed by atoms with van der Waals surface area (Å²) >= 11 is 0. The van der Waals surface area contributed by atoms with Crippen LogP contribution in [0.4, 0.5) is 13.2 Å². The third-order valence-electron chi connectivity index (χ3n) is 3.09. The van der Waals surface area contributed by atoms with Gasteiger partial charge in [0.1, 0.15) is 5.82 Å². The van der Waals surface area contributed by atoms with Gasteiger partial charge in [0, 0.05) is 6.07 Å². The second kappa shape index (κ2) is 8.75. The van der Waals surface area contributed by atoms with Crippen LogP contribution in [0.5, 0.6) is 11.5 Å². The summed E-state index contributed by atoms with van der Waals surface area (Å²) < 4.78 is 49.6. The van der Waals surface area contributed by atoms with Gasteiger partial charge in [-0.05, 0) is 31.2 Å². The Balaban J connectivity index is 1.77. The molecular weight excluding hydrogens is 353 g/mol. The molecule has 26 heavy (non-hydrogen) atoms. The molecule has 0 aliphatic heterocycles. The Morgan fingerprint density at radius 3 is 2.42 bits per heavy atom. The Morgan fingerprint density at radius 2 is 1.73 bits per heavy atom. The van der Waals surface area contributed by atoms with Crippen molar-refractivity contribution in [3.63, 3.8) is 0 Å². The van der Waals surface area contributed by atoms with E-state index in [0.717, 1.165) is 12.1 Å². The fourth-order valence-corrected chi connectivity index (χ4v) is 1.79. The Bertz CT molecular complexity index is 801. The molecule has 1 unspecified atom stereocenters. The van der Waals surface area contributed by atoms with Gasteiger partial charge in [0.15, 0.2) is 35.8 Å². The Hall–Kier alpha value is -3.23. The molecule has 2 rings (SSSR count). The molecule has 0 saturated heterocycles. The van der Waals surface area contributed by atoms with Gasteiger partial charge in [-0.25, -0.2) is 13.2 Å². The fourth-order valence-electron chi connectivity index (χ4n) is 1.79. The van der Waals surface area contributed by atoms with Crippen LogP contribution >= 0.6 is 0 Å². The number of hydrazine groups is 1. The molecule has 0 bridgehead atoms. The summed E-state index contributed by atoms with van der Waals surface area (Å²) in [4.78, 5) is 23.4. The second-order valence-corrected chi connectivity index (χ2v) is 5.09. The number of ether oxygens (including phenoxy) is 2. The van der Waals surface area contributed by atoms with E-state index >= 15 is 0 Å². The zero-order chi connectivity index (χ0) is 19.1. The summed E-state index contributed by atoms with van der Waals surface area (Å²) in [6, 6.07) is 8.14. The maximum Gasteiger partial charge on any atom is 0.279 e. The number of rotatable bonds is 6. The molecule has 2 N–H and O–H groups in total. The maximum atomic E-state index is 13.4. The largest absolute Gasteiger partial charge is 0.481 e. The molecule has 0 aliphatic carbocycles. The molecule has 9 heteroatoms. The van der Waals surface area contributed by atoms with Gasteiger partial charge in [0.2, 0.25) is 0 Å². The van der Waals surface area contributed by atoms with Gasteiger partial charge in [-0.15, -0.1) is 0 Å². The zero-order valence-electron chi connectivity index (χ0n) is 13.6. The molecule has 1 atom stereocenters. The molecule has 2 amide bonds. The number of carbonyl (C=O) groups is 2. The van der Waals surface area contributed by atoms with Crippen molar-refractivity contribution in [1.82, 2.24) is 10.9 Å². The van der Waals surface area contributed by atoms with Crippen molar-refractivity contribution in [1.29, 1.82) is 0 Å². The summed E-state index contributed by atoms with van der Waals surface area (Å²) in [5.41, 5.74) is 4.09. The van der Waals surface area contributed by atoms with Gasteiger partial charge in [-0.3, -0.25) is 20.4 Å². The van der Waals surface area contributed by atoms with E-state index in [1.54, 1.807) is 0 Å². The minimum Gasteiger partial charge on any atom is -0.481 e. The van der Waals surface area contributed by atoms with Crippen LogP contribution in [0.1, 0.15) is 6.92 Å². The van der Waals surface area contributed by atoms with Crippen LogP contribution in [0.25, 0.3) is 0 Å². The van der Waals surface area contributed by atoms with Gasteiger partial charge >= 0.3 is 0 Å². The predicted octanol–water partition coefficient (Wildman–Crippen LogP) is 2.10. The molecule has 0 heterocycles. The molecule has 0 aliphatic rings. The lowest BCUT2D eigenvalue weighted by molar-refractivity contribution is -0.133. The number of halogens is 3. The van der Waals surface area contributed by atoms with Crippen molar-refractivity contribution < 1.29 is 32.2 Å². The smallest absolute Gasteiger partial charge is 0.279 e. The summed E-state index contributed by atoms with van der Waals surface area (Å²) in [7, 11) is 0. The lowest BCUT2D eigenvalue weighted by atomic mass is 10.3. The topological polar surface area (TPSA) is 76.7 Å². The first-order valence-electron chi connectivity index (χ1n) is 7.44. The predicted molar refractivity (Wildman–Crippen MR) is 84.6 cm³/mol. The highest BCUT2D eigenvalue weighted by Gasteiger charge is 2.17. The number of hydrogen-bond donors (Lipinski definition) is 2. The Morgan fingerprint density at radius 1 is 1.00 bits per heavy atom. The van der Waals surface area contributed by atoms with Gasteiger partial charge in [0.05, 0.1) is 0 Å². The highest BCUT2D eigenvalue weighted by molar-refractivity contribution is 5.85. The van der Waals surface area contributed by atoms with Crippen LogP contribution in [0.15, 0.2) is 42.5 Å². The molecular formula is C17H15F3N2O4. The number of nitrogens with one attached hydrogen (secondary N) is 2. The van der Waals surface area contributed by atoms with E-state index < -0.39 is 42.0 Å². The van der Waals surface area contributed by atoms with E-state index in [1.165, 1.54) is 31.2 Å². The zero-order valence-corrected chi connectivity index (χ0v) is 13.6. The van der Waals surface area contributed by atoms with E-state index in [0.29, 0.717) is 6.07 Å². The van der Waals surface area contributed by atoms with Crippen molar-refractivity contribution in [2.75, 3.05) is 6.61 Å². The summed E-state index contributed by atoms with van der Waals surface area (Å²) in [6.07, 6.45) is -1.09. The highest BCUT2D eigenvalue weighted by atomic mass is 19.1. The van der Waals surface area contributed by atoms with Gasteiger partial charge in [0.25, 0.3) is 11.8 Å².